The van der Waals surface area contributed by atoms with Gasteiger partial charge < -0.3 is 9.59 Å². The summed E-state index contributed by atoms with van der Waals surface area (Å²) in [6, 6.07) is 0. The van der Waals surface area contributed by atoms with E-state index in [1.807, 2.05) is 0 Å². The minimum Gasteiger partial charge on any atom is 0 e. The number of hydrogen-bond acceptors (Lipinski definition) is 1. The molecule has 6 heavy (non-hydrogen) atoms. The van der Waals surface area contributed by atoms with E-state index in [-0.39, 0.29) is 65.0 Å². The van der Waals surface area contributed by atoms with Crippen molar-refractivity contribution in [2.75, 3.05) is 0 Å². The summed E-state index contributed by atoms with van der Waals surface area (Å²) >= 11 is 0. The number of hydrogen-bond donors (Lipinski definition) is 2. The van der Waals surface area contributed by atoms with Gasteiger partial charge >= 0.3 is 54.7 Å². The van der Waals surface area contributed by atoms with Gasteiger partial charge in [-0.05, 0) is 0 Å². The SMILES string of the molecule is O=[Si](O)O.[SrH2].[Zn]. The molecular weight excluding hydrogens is 229 g/mol. The smallest absolute Gasteiger partial charge is 0 e. The van der Waals surface area contributed by atoms with Crippen LogP contribution in [-0.4, -0.2) is 64.2 Å². The van der Waals surface area contributed by atoms with Crippen molar-refractivity contribution in [3.8, 4) is 0 Å². The zero-order valence-electron chi connectivity index (χ0n) is 2.51. The second kappa shape index (κ2) is 9.87. The molecule has 0 aliphatic heterocycles. The van der Waals surface area contributed by atoms with Crippen LogP contribution in [0.2, 0.25) is 0 Å². The fraction of sp³-hybridized carbons (Fsp3) is 0. The summed E-state index contributed by atoms with van der Waals surface area (Å²) in [6.07, 6.45) is 0. The molecule has 0 heterocycles. The zero-order valence-corrected chi connectivity index (χ0v) is 6.48. The van der Waals surface area contributed by atoms with Crippen LogP contribution in [0.1, 0.15) is 0 Å². The van der Waals surface area contributed by atoms with Crippen LogP contribution in [0.25, 0.3) is 0 Å². The van der Waals surface area contributed by atoms with Crippen molar-refractivity contribution in [2.45, 2.75) is 0 Å². The van der Waals surface area contributed by atoms with E-state index in [4.69, 9.17) is 14.1 Å². The molecule has 0 rings (SSSR count). The Kier molecular flexibility index (Phi) is 25.7. The Hall–Kier alpha value is 1.72. The van der Waals surface area contributed by atoms with Crippen LogP contribution >= 0.6 is 0 Å². The molecule has 0 saturated carbocycles. The summed E-state index contributed by atoms with van der Waals surface area (Å²) in [7, 11) is -3.13. The standard InChI is InChI=1S/H2O3Si.Sr.Zn.2H/c1-4(2)3;;;;/h1-2H;;;;. The predicted molar refractivity (Wildman–Crippen MR) is 19.4 cm³/mol. The maximum absolute atomic E-state index is 8.74. The van der Waals surface area contributed by atoms with Crippen LogP contribution in [0.4, 0.5) is 0 Å². The summed E-state index contributed by atoms with van der Waals surface area (Å²) in [5, 5.41) is 0. The Morgan fingerprint density at radius 1 is 1.33 bits per heavy atom. The average Bonchev–Trinajstić information content (AvgIpc) is 0.811. The van der Waals surface area contributed by atoms with Crippen LogP contribution < -0.4 is 0 Å². The molecule has 0 saturated heterocycles. The van der Waals surface area contributed by atoms with Crippen molar-refractivity contribution in [1.29, 1.82) is 0 Å². The third-order valence-electron chi connectivity index (χ3n) is 0. The first-order valence-electron chi connectivity index (χ1n) is 0.651. The maximum atomic E-state index is 8.74. The summed E-state index contributed by atoms with van der Waals surface area (Å²) in [5.41, 5.74) is 0. The van der Waals surface area contributed by atoms with E-state index >= 15 is 0 Å². The molecule has 3 nitrogen and oxygen atoms in total. The van der Waals surface area contributed by atoms with Gasteiger partial charge in [0.2, 0.25) is 0 Å². The van der Waals surface area contributed by atoms with E-state index < -0.39 is 9.17 Å². The fourth-order valence-corrected chi connectivity index (χ4v) is 0. The molecular formula is H4O3SiSrZn. The van der Waals surface area contributed by atoms with E-state index in [2.05, 4.69) is 0 Å². The first-order valence-corrected chi connectivity index (χ1v) is 1.95. The predicted octanol–water partition coefficient (Wildman–Crippen LogP) is -2.53. The largest absolute Gasteiger partial charge is 0 e. The monoisotopic (exact) mass is 232 g/mol. The molecule has 0 amide bonds. The van der Waals surface area contributed by atoms with Crippen molar-refractivity contribution in [3.63, 3.8) is 0 Å². The molecule has 0 atom stereocenters. The van der Waals surface area contributed by atoms with Crippen molar-refractivity contribution >= 4 is 54.7 Å². The number of rotatable bonds is 0. The van der Waals surface area contributed by atoms with Gasteiger partial charge in [-0.1, -0.05) is 0 Å². The van der Waals surface area contributed by atoms with Gasteiger partial charge in [-0.25, -0.2) is 0 Å². The molecule has 0 spiro atoms. The van der Waals surface area contributed by atoms with Gasteiger partial charge in [0.1, 0.15) is 0 Å². The quantitative estimate of drug-likeness (QED) is 0.453. The molecule has 2 N–H and O–H groups in total. The average molecular weight is 233 g/mol. The molecule has 30 valence electrons. The third kappa shape index (κ3) is 43.1. The minimum absolute atomic E-state index is 0. The van der Waals surface area contributed by atoms with E-state index in [1.165, 1.54) is 0 Å². The third-order valence-corrected chi connectivity index (χ3v) is 0. The summed E-state index contributed by atoms with van der Waals surface area (Å²) in [4.78, 5) is 14.3. The van der Waals surface area contributed by atoms with E-state index in [9.17, 15) is 0 Å². The fourth-order valence-electron chi connectivity index (χ4n) is 0. The van der Waals surface area contributed by atoms with E-state index in [0.717, 1.165) is 0 Å². The topological polar surface area (TPSA) is 57.5 Å². The Morgan fingerprint density at radius 2 is 1.33 bits per heavy atom. The first kappa shape index (κ1) is 15.6. The maximum Gasteiger partial charge on any atom is 0 e. The van der Waals surface area contributed by atoms with Crippen molar-refractivity contribution in [3.05, 3.63) is 0 Å². The Balaban J connectivity index is -0.0000000450. The van der Waals surface area contributed by atoms with Gasteiger partial charge in [0.05, 0.1) is 0 Å². The van der Waals surface area contributed by atoms with Crippen LogP contribution in [0.15, 0.2) is 0 Å². The molecule has 0 bridgehead atoms. The minimum atomic E-state index is -3.13. The van der Waals surface area contributed by atoms with Crippen molar-refractivity contribution in [2.24, 2.45) is 0 Å². The molecule has 0 unspecified atom stereocenters. The second-order valence-electron chi connectivity index (χ2n) is 0.283. The van der Waals surface area contributed by atoms with Gasteiger partial charge in [-0.15, -0.1) is 0 Å². The molecule has 0 aromatic carbocycles. The Morgan fingerprint density at radius 3 is 1.33 bits per heavy atom. The molecule has 0 aliphatic carbocycles. The van der Waals surface area contributed by atoms with Gasteiger partial charge in [0.25, 0.3) is 0 Å². The summed E-state index contributed by atoms with van der Waals surface area (Å²) in [6.45, 7) is 0. The molecule has 0 fully saturated rings. The first-order chi connectivity index (χ1) is 1.73. The molecule has 0 aromatic heterocycles. The molecule has 6 heteroatoms. The second-order valence-corrected chi connectivity index (χ2v) is 0.848. The normalized spacial score (nSPS) is 4.00. The van der Waals surface area contributed by atoms with Crippen LogP contribution in [-0.2, 0) is 23.9 Å². The Labute approximate surface area is 86.7 Å². The van der Waals surface area contributed by atoms with Crippen molar-refractivity contribution < 1.29 is 33.5 Å². The van der Waals surface area contributed by atoms with Gasteiger partial charge in [0, 0.05) is 19.5 Å². The molecule has 0 radical (unpaired) electrons. The summed E-state index contributed by atoms with van der Waals surface area (Å²) < 4.78 is 8.74. The van der Waals surface area contributed by atoms with Crippen molar-refractivity contribution in [1.82, 2.24) is 0 Å². The van der Waals surface area contributed by atoms with E-state index in [1.54, 1.807) is 0 Å². The van der Waals surface area contributed by atoms with E-state index in [0.29, 0.717) is 0 Å². The summed E-state index contributed by atoms with van der Waals surface area (Å²) in [5.74, 6) is 0. The van der Waals surface area contributed by atoms with Gasteiger partial charge in [-0.3, -0.25) is 4.46 Å². The zero-order chi connectivity index (χ0) is 3.58. The van der Waals surface area contributed by atoms with Gasteiger partial charge in [0.15, 0.2) is 0 Å². The molecule has 0 aliphatic rings. The Bertz CT molecular complexity index is 33.8. The van der Waals surface area contributed by atoms with Crippen LogP contribution in [0.3, 0.4) is 0 Å². The van der Waals surface area contributed by atoms with Gasteiger partial charge in [-0.2, -0.15) is 0 Å². The van der Waals surface area contributed by atoms with Crippen LogP contribution in [0.5, 0.6) is 0 Å². The van der Waals surface area contributed by atoms with Crippen LogP contribution in [0, 0.1) is 0 Å². The molecule has 0 aromatic rings.